The third-order valence-corrected chi connectivity index (χ3v) is 7.05. The molecule has 0 spiro atoms. The van der Waals surface area contributed by atoms with E-state index in [1.165, 1.54) is 30.1 Å². The van der Waals surface area contributed by atoms with Crippen molar-refractivity contribution in [1.82, 2.24) is 9.80 Å². The van der Waals surface area contributed by atoms with Gasteiger partial charge in [-0.2, -0.15) is 0 Å². The number of aryl methyl sites for hydroxylation is 3. The van der Waals surface area contributed by atoms with Gasteiger partial charge in [0.25, 0.3) is 0 Å². The monoisotopic (exact) mass is 648 g/mol. The summed E-state index contributed by atoms with van der Waals surface area (Å²) in [5, 5.41) is 17.2. The van der Waals surface area contributed by atoms with Gasteiger partial charge in [-0.1, -0.05) is 17.7 Å². The number of likely N-dealkylation sites (tertiary alicyclic amines) is 2. The van der Waals surface area contributed by atoms with Gasteiger partial charge in [0.15, 0.2) is 0 Å². The van der Waals surface area contributed by atoms with Crippen LogP contribution in [-0.4, -0.2) is 81.5 Å². The first kappa shape index (κ1) is 33.5. The summed E-state index contributed by atoms with van der Waals surface area (Å²) in [6, 6.07) is 4.43. The van der Waals surface area contributed by atoms with Crippen molar-refractivity contribution in [1.29, 1.82) is 0 Å². The number of hydrogen-bond donors (Lipinski definition) is 2. The molecule has 214 valence electrons. The van der Waals surface area contributed by atoms with Crippen LogP contribution in [0.3, 0.4) is 0 Å². The van der Waals surface area contributed by atoms with Crippen molar-refractivity contribution in [3.05, 3.63) is 32.4 Å². The smallest absolute Gasteiger partial charge is 0.410 e. The van der Waals surface area contributed by atoms with Gasteiger partial charge in [0, 0.05) is 29.7 Å². The van der Waals surface area contributed by atoms with Crippen LogP contribution in [-0.2, 0) is 19.1 Å². The molecule has 0 atom stereocenters. The fourth-order valence-corrected chi connectivity index (χ4v) is 3.69. The number of nitrogens with zero attached hydrogens (tertiary/aromatic N) is 2. The Morgan fingerprint density at radius 3 is 1.26 bits per heavy atom. The molecule has 38 heavy (non-hydrogen) atoms. The molecule has 2 saturated heterocycles. The maximum absolute atomic E-state index is 11.3. The predicted octanol–water partition coefficient (Wildman–Crippen LogP) is 5.09. The molecular weight excluding hydrogens is 607 g/mol. The van der Waals surface area contributed by atoms with Crippen molar-refractivity contribution < 1.29 is 38.9 Å². The zero-order valence-corrected chi connectivity index (χ0v) is 25.9. The van der Waals surface area contributed by atoms with Crippen molar-refractivity contribution in [3.8, 4) is 0 Å². The molecule has 2 heterocycles. The topological polar surface area (TPSA) is 134 Å². The molecule has 11 heteroatoms. The number of aliphatic carboxylic acids is 2. The van der Waals surface area contributed by atoms with E-state index in [4.69, 9.17) is 19.7 Å². The van der Waals surface area contributed by atoms with E-state index in [-0.39, 0.29) is 26.2 Å². The Bertz CT molecular complexity index is 940. The third-order valence-electron chi connectivity index (χ3n) is 5.35. The van der Waals surface area contributed by atoms with Crippen molar-refractivity contribution in [2.45, 2.75) is 73.5 Å². The number of hydrogen-bond acceptors (Lipinski definition) is 6. The molecule has 3 rings (SSSR count). The lowest BCUT2D eigenvalue weighted by Crippen LogP contribution is -2.54. The maximum atomic E-state index is 11.3. The van der Waals surface area contributed by atoms with E-state index in [1.807, 2.05) is 0 Å². The summed E-state index contributed by atoms with van der Waals surface area (Å²) in [7, 11) is 0. The van der Waals surface area contributed by atoms with Crippen LogP contribution >= 0.6 is 22.6 Å². The van der Waals surface area contributed by atoms with E-state index in [1.54, 1.807) is 41.5 Å². The maximum Gasteiger partial charge on any atom is 0.410 e. The average Bonchev–Trinajstić information content (AvgIpc) is 2.61. The molecule has 0 aliphatic carbocycles. The van der Waals surface area contributed by atoms with E-state index in [0.29, 0.717) is 0 Å². The van der Waals surface area contributed by atoms with Crippen molar-refractivity contribution >= 4 is 46.7 Å². The van der Waals surface area contributed by atoms with Crippen LogP contribution in [0.4, 0.5) is 9.59 Å². The molecule has 0 saturated carbocycles. The molecule has 2 N–H and O–H groups in total. The number of halogens is 1. The van der Waals surface area contributed by atoms with E-state index < -0.39 is 47.2 Å². The second-order valence-corrected chi connectivity index (χ2v) is 12.6. The van der Waals surface area contributed by atoms with Gasteiger partial charge >= 0.3 is 24.1 Å². The van der Waals surface area contributed by atoms with Gasteiger partial charge in [0.2, 0.25) is 0 Å². The lowest BCUT2D eigenvalue weighted by Gasteiger charge is -2.37. The van der Waals surface area contributed by atoms with Crippen LogP contribution in [0.2, 0.25) is 0 Å². The van der Waals surface area contributed by atoms with E-state index in [9.17, 15) is 19.2 Å². The molecule has 0 radical (unpaired) electrons. The SMILES string of the molecule is CC(C)(C)OC(=O)N1CC(C(=O)O)C1.CC(C)(C)OC(=O)N1CC(C(=O)O)C1.Cc1cc(C)c(I)c(C)c1. The van der Waals surface area contributed by atoms with Gasteiger partial charge in [-0.3, -0.25) is 9.59 Å². The minimum Gasteiger partial charge on any atom is -0.481 e. The highest BCUT2D eigenvalue weighted by Crippen LogP contribution is 2.20. The Hall–Kier alpha value is -2.57. The first-order valence-corrected chi connectivity index (χ1v) is 13.4. The third kappa shape index (κ3) is 11.4. The number of benzene rings is 1. The van der Waals surface area contributed by atoms with Crippen LogP contribution in [0.5, 0.6) is 0 Å². The molecular formula is C27H41IN2O8. The Morgan fingerprint density at radius 2 is 1.03 bits per heavy atom. The highest BCUT2D eigenvalue weighted by Gasteiger charge is 2.38. The number of carbonyl (C=O) groups excluding carboxylic acids is 2. The predicted molar refractivity (Wildman–Crippen MR) is 151 cm³/mol. The van der Waals surface area contributed by atoms with Crippen LogP contribution < -0.4 is 0 Å². The summed E-state index contributed by atoms with van der Waals surface area (Å²) >= 11 is 2.39. The molecule has 0 bridgehead atoms. The quantitative estimate of drug-likeness (QED) is 0.424. The van der Waals surface area contributed by atoms with E-state index in [0.717, 1.165) is 0 Å². The van der Waals surface area contributed by atoms with Crippen molar-refractivity contribution in [2.24, 2.45) is 11.8 Å². The number of ether oxygens (including phenoxy) is 2. The Labute approximate surface area is 238 Å². The zero-order chi connectivity index (χ0) is 29.6. The molecule has 2 amide bonds. The number of carbonyl (C=O) groups is 4. The fraction of sp³-hybridized carbons (Fsp3) is 0.630. The minimum atomic E-state index is -0.857. The fourth-order valence-electron chi connectivity index (χ4n) is 3.38. The number of carboxylic acids is 2. The van der Waals surface area contributed by atoms with Crippen LogP contribution in [0.15, 0.2) is 12.1 Å². The van der Waals surface area contributed by atoms with Crippen molar-refractivity contribution in [2.75, 3.05) is 26.2 Å². The summed E-state index contributed by atoms with van der Waals surface area (Å²) in [6.07, 6.45) is -0.870. The van der Waals surface area contributed by atoms with Gasteiger partial charge in [-0.25, -0.2) is 9.59 Å². The average molecular weight is 649 g/mol. The summed E-state index contributed by atoms with van der Waals surface area (Å²) in [5.74, 6) is -2.57. The highest BCUT2D eigenvalue weighted by molar-refractivity contribution is 14.1. The van der Waals surface area contributed by atoms with Gasteiger partial charge in [-0.15, -0.1) is 0 Å². The number of rotatable bonds is 2. The number of carboxylic acid groups (broad SMARTS) is 2. The van der Waals surface area contributed by atoms with Crippen LogP contribution in [0.25, 0.3) is 0 Å². The zero-order valence-electron chi connectivity index (χ0n) is 23.8. The Balaban J connectivity index is 0.000000290. The molecule has 1 aromatic rings. The summed E-state index contributed by atoms with van der Waals surface area (Å²) in [5.41, 5.74) is 3.09. The van der Waals surface area contributed by atoms with Crippen molar-refractivity contribution in [3.63, 3.8) is 0 Å². The van der Waals surface area contributed by atoms with E-state index >= 15 is 0 Å². The van der Waals surface area contributed by atoms with Crippen LogP contribution in [0, 0.1) is 36.2 Å². The molecule has 0 unspecified atom stereocenters. The first-order chi connectivity index (χ1) is 17.2. The molecule has 0 aromatic heterocycles. The van der Waals surface area contributed by atoms with Gasteiger partial charge < -0.3 is 29.5 Å². The summed E-state index contributed by atoms with van der Waals surface area (Å²) in [4.78, 5) is 46.3. The van der Waals surface area contributed by atoms with Gasteiger partial charge in [-0.05, 0) is 96.0 Å². The molecule has 2 aliphatic heterocycles. The molecule has 10 nitrogen and oxygen atoms in total. The standard InChI is InChI=1S/C9H11I.2C9H15NO4/c1-6-4-7(2)9(10)8(3)5-6;2*1-9(2,3)14-8(13)10-4-6(5-10)7(11)12/h4-5H,1-3H3;2*6H,4-5H2,1-3H3,(H,11,12). The lowest BCUT2D eigenvalue weighted by atomic mass is 10.0. The first-order valence-electron chi connectivity index (χ1n) is 12.3. The van der Waals surface area contributed by atoms with E-state index in [2.05, 4.69) is 55.5 Å². The Kier molecular flexibility index (Phi) is 11.9. The van der Waals surface area contributed by atoms with Gasteiger partial charge in [0.05, 0.1) is 11.8 Å². The number of amides is 2. The summed E-state index contributed by atoms with van der Waals surface area (Å²) in [6.45, 7) is 18.1. The largest absolute Gasteiger partial charge is 0.481 e. The Morgan fingerprint density at radius 1 is 0.737 bits per heavy atom. The second-order valence-electron chi connectivity index (χ2n) is 11.6. The van der Waals surface area contributed by atoms with Gasteiger partial charge in [0.1, 0.15) is 11.2 Å². The van der Waals surface area contributed by atoms with Crippen LogP contribution in [0.1, 0.15) is 58.2 Å². The highest BCUT2D eigenvalue weighted by atomic mass is 127. The summed E-state index contributed by atoms with van der Waals surface area (Å²) < 4.78 is 11.5. The molecule has 2 fully saturated rings. The second kappa shape index (κ2) is 13.5. The molecule has 2 aliphatic rings. The normalized spacial score (nSPS) is 15.5. The molecule has 1 aromatic carbocycles. The lowest BCUT2D eigenvalue weighted by molar-refractivity contribution is -0.148. The minimum absolute atomic E-state index is 0.254.